The Bertz CT molecular complexity index is 391. The van der Waals surface area contributed by atoms with Crippen LogP contribution < -0.4 is 12.4 Å². The zero-order valence-electron chi connectivity index (χ0n) is 13.8. The molecule has 4 heteroatoms. The second-order valence-corrected chi connectivity index (χ2v) is 10.6. The van der Waals surface area contributed by atoms with E-state index < -0.39 is 8.24 Å². The molecule has 0 saturated carbocycles. The molecule has 0 N–H and O–H groups in total. The van der Waals surface area contributed by atoms with Crippen LogP contribution in [-0.4, -0.2) is 38.2 Å². The first-order chi connectivity index (χ1) is 7.47. The summed E-state index contributed by atoms with van der Waals surface area (Å²) in [5, 5.41) is 1.56. The van der Waals surface area contributed by atoms with Gasteiger partial charge in [0.1, 0.15) is 0 Å². The topological polar surface area (TPSA) is 14.1 Å². The van der Waals surface area contributed by atoms with Gasteiger partial charge in [-0.05, 0) is 34.6 Å². The summed E-state index contributed by atoms with van der Waals surface area (Å²) in [6.45, 7) is 20.3. The van der Waals surface area contributed by atoms with E-state index in [-0.39, 0.29) is 42.4 Å². The summed E-state index contributed by atoms with van der Waals surface area (Å²) in [7, 11) is -1.69. The largest absolute Gasteiger partial charge is 1.00 e. The molecule has 0 amide bonds. The van der Waals surface area contributed by atoms with Crippen LogP contribution in [0.4, 0.5) is 0 Å². The van der Waals surface area contributed by atoms with Crippen molar-refractivity contribution in [3.8, 4) is 0 Å². The number of rotatable bonds is 2. The van der Waals surface area contributed by atoms with E-state index in [1.807, 2.05) is 0 Å². The first-order valence-electron chi connectivity index (χ1n) is 6.45. The zero-order chi connectivity index (χ0) is 13.6. The van der Waals surface area contributed by atoms with Crippen LogP contribution in [0, 0.1) is 5.92 Å². The minimum absolute atomic E-state index is 0. The van der Waals surface area contributed by atoms with Crippen LogP contribution in [0.3, 0.4) is 0 Å². The summed E-state index contributed by atoms with van der Waals surface area (Å²) in [6, 6.07) is 0. The molecule has 0 spiro atoms. The quantitative estimate of drug-likeness (QED) is 0.621. The molecule has 0 saturated heterocycles. The Hall–Kier alpha value is 0.765. The Labute approximate surface area is 144 Å². The van der Waals surface area contributed by atoms with E-state index in [2.05, 4.69) is 61.6 Å². The maximum atomic E-state index is 5.13. The number of hydrogen-bond donors (Lipinski definition) is 0. The van der Waals surface area contributed by atoms with E-state index in [0.717, 1.165) is 0 Å². The van der Waals surface area contributed by atoms with E-state index in [1.54, 1.807) is 5.20 Å². The molecule has 19 heavy (non-hydrogen) atoms. The summed E-state index contributed by atoms with van der Waals surface area (Å²) in [4.78, 5) is 5.13. The summed E-state index contributed by atoms with van der Waals surface area (Å²) < 4.78 is 0. The van der Waals surface area contributed by atoms with Gasteiger partial charge in [0.05, 0.1) is 0 Å². The maximum Gasteiger partial charge on any atom is 0.0173 e. The van der Waals surface area contributed by atoms with Crippen molar-refractivity contribution in [2.45, 2.75) is 67.1 Å². The molecular weight excluding hydrogens is 379 g/mol. The second kappa shape index (κ2) is 7.16. The van der Waals surface area contributed by atoms with Gasteiger partial charge in [0.15, 0.2) is 0 Å². The molecular formula is C15H27ClNSbSi-2. The van der Waals surface area contributed by atoms with Crippen molar-refractivity contribution in [2.24, 2.45) is 0 Å². The third-order valence-electron chi connectivity index (χ3n) is 3.66. The number of nitrogens with zero attached hydrogens (tertiary/aromatic N) is 1. The fraction of sp³-hybridized carbons (Fsp3) is 0.667. The zero-order valence-corrected chi connectivity index (χ0v) is 18.1. The van der Waals surface area contributed by atoms with Crippen LogP contribution in [0.15, 0.2) is 21.9 Å². The summed E-state index contributed by atoms with van der Waals surface area (Å²) >= 11 is 0. The van der Waals surface area contributed by atoms with Crippen molar-refractivity contribution in [1.82, 2.24) is 0 Å². The number of hydrogen-bond acceptors (Lipinski definition) is 0. The first-order valence-corrected chi connectivity index (χ1v) is 9.39. The predicted octanol–water partition coefficient (Wildman–Crippen LogP) is 1.79. The van der Waals surface area contributed by atoms with Crippen LogP contribution >= 0.6 is 0 Å². The van der Waals surface area contributed by atoms with Gasteiger partial charge in [0, 0.05) is 30.3 Å². The molecule has 0 aromatic carbocycles. The van der Waals surface area contributed by atoms with Gasteiger partial charge in [0.2, 0.25) is 0 Å². The van der Waals surface area contributed by atoms with Gasteiger partial charge in [-0.1, -0.05) is 57.1 Å². The van der Waals surface area contributed by atoms with Crippen molar-refractivity contribution in [3.05, 3.63) is 32.8 Å². The van der Waals surface area contributed by atoms with Crippen molar-refractivity contribution in [1.29, 1.82) is 0 Å². The van der Waals surface area contributed by atoms with Crippen LogP contribution in [-0.2, 0) is 0 Å². The minimum Gasteiger partial charge on any atom is -1.00 e. The molecule has 4 radical (unpaired) electrons. The van der Waals surface area contributed by atoms with E-state index >= 15 is 0 Å². The maximum absolute atomic E-state index is 5.13. The molecule has 0 aliphatic heterocycles. The summed E-state index contributed by atoms with van der Waals surface area (Å²) in [6.07, 6.45) is 0. The first kappa shape index (κ1) is 22.1. The Morgan fingerprint density at radius 1 is 0.842 bits per heavy atom. The molecule has 0 unspecified atom stereocenters. The van der Waals surface area contributed by atoms with Crippen LogP contribution in [0.1, 0.15) is 48.5 Å². The fourth-order valence-corrected chi connectivity index (χ4v) is 7.03. The second-order valence-electron chi connectivity index (χ2n) is 6.72. The van der Waals surface area contributed by atoms with Crippen LogP contribution in [0.5, 0.6) is 0 Å². The molecule has 0 aromatic rings. The van der Waals surface area contributed by atoms with Crippen molar-refractivity contribution in [2.75, 3.05) is 0 Å². The smallest absolute Gasteiger partial charge is 0.0173 e. The normalized spacial score (nSPS) is 17.5. The molecule has 0 heterocycles. The van der Waals surface area contributed by atoms with Gasteiger partial charge in [-0.25, -0.2) is 0 Å². The summed E-state index contributed by atoms with van der Waals surface area (Å²) in [5.74, 6) is 1.48. The third kappa shape index (κ3) is 4.91. The molecule has 1 aliphatic rings. The molecule has 1 aliphatic carbocycles. The predicted molar refractivity (Wildman–Crippen MR) is 86.3 cm³/mol. The number of allylic oxidation sites excluding steroid dienone is 4. The third-order valence-corrected chi connectivity index (χ3v) is 6.87. The van der Waals surface area contributed by atoms with Gasteiger partial charge >= 0.3 is 0 Å². The van der Waals surface area contributed by atoms with Crippen molar-refractivity contribution >= 4 is 32.7 Å². The standard InChI is InChI=1S/C15H27NSi.ClH.Sb/c1-10-11(2)13(4)14(12(10)3)17(8,9)16-15(5,6)7;;/h1-9H3;1H;/q-1;;/p-1. The molecule has 1 rings (SSSR count). The van der Waals surface area contributed by atoms with E-state index in [4.69, 9.17) is 4.98 Å². The van der Waals surface area contributed by atoms with E-state index in [0.29, 0.717) is 0 Å². The van der Waals surface area contributed by atoms with E-state index in [9.17, 15) is 0 Å². The SMILES string of the molecule is C[C]1C(C)=C(C)C(C)=C1[Si](C)(C)[N-]C(C)(C)C.[Cl-].[Sb]. The molecule has 0 atom stereocenters. The van der Waals surface area contributed by atoms with Gasteiger partial charge in [-0.3, -0.25) is 0 Å². The Morgan fingerprint density at radius 3 is 1.53 bits per heavy atom. The van der Waals surface area contributed by atoms with Gasteiger partial charge in [0.25, 0.3) is 0 Å². The van der Waals surface area contributed by atoms with Gasteiger partial charge in [-0.2, -0.15) is 0 Å². The number of halogens is 1. The molecule has 0 fully saturated rings. The van der Waals surface area contributed by atoms with Crippen LogP contribution in [0.2, 0.25) is 13.1 Å². The Balaban J connectivity index is 0. The Morgan fingerprint density at radius 2 is 1.26 bits per heavy atom. The van der Waals surface area contributed by atoms with Crippen LogP contribution in [0.25, 0.3) is 4.98 Å². The molecule has 0 bridgehead atoms. The average Bonchev–Trinajstić information content (AvgIpc) is 2.27. The average molecular weight is 407 g/mol. The fourth-order valence-electron chi connectivity index (χ4n) is 3.03. The monoisotopic (exact) mass is 405 g/mol. The minimum atomic E-state index is -1.69. The molecule has 1 nitrogen and oxygen atoms in total. The molecule has 0 aromatic heterocycles. The van der Waals surface area contributed by atoms with Crippen molar-refractivity contribution < 1.29 is 12.4 Å². The van der Waals surface area contributed by atoms with Crippen molar-refractivity contribution in [3.63, 3.8) is 0 Å². The van der Waals surface area contributed by atoms with Gasteiger partial charge in [-0.15, -0.1) is 5.54 Å². The Kier molecular flexibility index (Phi) is 8.31. The summed E-state index contributed by atoms with van der Waals surface area (Å²) in [5.41, 5.74) is 4.46. The van der Waals surface area contributed by atoms with E-state index in [1.165, 1.54) is 22.6 Å². The molecule has 110 valence electrons. The van der Waals surface area contributed by atoms with Gasteiger partial charge < -0.3 is 17.4 Å².